The van der Waals surface area contributed by atoms with Crippen LogP contribution in [-0.4, -0.2) is 27.7 Å². The molecule has 1 amide bonds. The molecule has 2 atom stereocenters. The van der Waals surface area contributed by atoms with Crippen LogP contribution < -0.4 is 5.32 Å². The monoisotopic (exact) mass is 294 g/mol. The second kappa shape index (κ2) is 5.87. The second-order valence-corrected chi connectivity index (χ2v) is 6.28. The fourth-order valence-electron chi connectivity index (χ4n) is 2.87. The molecule has 2 unspecified atom stereocenters. The summed E-state index contributed by atoms with van der Waals surface area (Å²) in [4.78, 5) is 23.7. The van der Waals surface area contributed by atoms with E-state index in [-0.39, 0.29) is 17.5 Å². The Bertz CT molecular complexity index is 538. The van der Waals surface area contributed by atoms with Crippen molar-refractivity contribution in [3.8, 4) is 0 Å². The molecule has 1 heterocycles. The summed E-state index contributed by atoms with van der Waals surface area (Å²) in [5.41, 5.74) is -0.535. The molecular formula is C15H22N2O4. The first kappa shape index (κ1) is 15.5. The van der Waals surface area contributed by atoms with Gasteiger partial charge in [-0.2, -0.15) is 0 Å². The van der Waals surface area contributed by atoms with Crippen molar-refractivity contribution in [2.45, 2.75) is 57.9 Å². The van der Waals surface area contributed by atoms with Gasteiger partial charge in [-0.05, 0) is 19.8 Å². The number of aromatic nitrogens is 1. The van der Waals surface area contributed by atoms with E-state index in [1.807, 2.05) is 13.8 Å². The van der Waals surface area contributed by atoms with Crippen molar-refractivity contribution < 1.29 is 19.2 Å². The van der Waals surface area contributed by atoms with Gasteiger partial charge in [0.05, 0.1) is 11.5 Å². The lowest BCUT2D eigenvalue weighted by Crippen LogP contribution is -2.55. The highest BCUT2D eigenvalue weighted by Crippen LogP contribution is 2.34. The topological polar surface area (TPSA) is 92.4 Å². The van der Waals surface area contributed by atoms with E-state index < -0.39 is 17.4 Å². The minimum Gasteiger partial charge on any atom is -0.481 e. The molecule has 1 saturated carbocycles. The predicted molar refractivity (Wildman–Crippen MR) is 76.1 cm³/mol. The zero-order valence-electron chi connectivity index (χ0n) is 12.7. The number of hydrogen-bond donors (Lipinski definition) is 2. The molecule has 1 aliphatic carbocycles. The van der Waals surface area contributed by atoms with Crippen molar-refractivity contribution in [1.29, 1.82) is 0 Å². The van der Waals surface area contributed by atoms with Crippen molar-refractivity contribution >= 4 is 11.9 Å². The number of carboxylic acids is 1. The number of nitrogens with one attached hydrogen (secondary N) is 1. The molecule has 0 aliphatic heterocycles. The molecule has 21 heavy (non-hydrogen) atoms. The van der Waals surface area contributed by atoms with E-state index in [2.05, 4.69) is 10.5 Å². The number of carbonyl (C=O) groups excluding carboxylic acids is 1. The predicted octanol–water partition coefficient (Wildman–Crippen LogP) is 2.56. The number of carboxylic acid groups (broad SMARTS) is 1. The van der Waals surface area contributed by atoms with Crippen LogP contribution in [0.4, 0.5) is 0 Å². The van der Waals surface area contributed by atoms with Crippen LogP contribution in [0, 0.1) is 5.92 Å². The molecule has 0 saturated heterocycles. The molecule has 116 valence electrons. The summed E-state index contributed by atoms with van der Waals surface area (Å²) in [5.74, 6) is -1.01. The van der Waals surface area contributed by atoms with Gasteiger partial charge in [-0.3, -0.25) is 9.59 Å². The van der Waals surface area contributed by atoms with E-state index in [1.54, 1.807) is 13.0 Å². The largest absolute Gasteiger partial charge is 0.481 e. The number of amides is 1. The Kier molecular flexibility index (Phi) is 4.34. The third kappa shape index (κ3) is 3.25. The highest BCUT2D eigenvalue weighted by atomic mass is 16.5. The fraction of sp³-hybridized carbons (Fsp3) is 0.667. The number of hydrogen-bond acceptors (Lipinski definition) is 4. The van der Waals surface area contributed by atoms with Crippen LogP contribution in [0.15, 0.2) is 10.6 Å². The van der Waals surface area contributed by atoms with Crippen molar-refractivity contribution in [3.05, 3.63) is 17.5 Å². The van der Waals surface area contributed by atoms with E-state index in [9.17, 15) is 14.7 Å². The summed E-state index contributed by atoms with van der Waals surface area (Å²) in [5, 5.41) is 16.0. The highest BCUT2D eigenvalue weighted by molar-refractivity contribution is 5.93. The van der Waals surface area contributed by atoms with Crippen LogP contribution >= 0.6 is 0 Å². The molecule has 2 rings (SSSR count). The summed E-state index contributed by atoms with van der Waals surface area (Å²) in [6.45, 7) is 5.70. The Labute approximate surface area is 123 Å². The van der Waals surface area contributed by atoms with Gasteiger partial charge >= 0.3 is 5.97 Å². The number of carbonyl (C=O) groups is 2. The number of rotatable bonds is 4. The van der Waals surface area contributed by atoms with E-state index in [0.717, 1.165) is 12.8 Å². The summed E-state index contributed by atoms with van der Waals surface area (Å²) >= 11 is 0. The number of nitrogens with zero attached hydrogens (tertiary/aromatic N) is 1. The first-order chi connectivity index (χ1) is 9.83. The van der Waals surface area contributed by atoms with Crippen LogP contribution in [0.25, 0.3) is 0 Å². The molecule has 1 fully saturated rings. The van der Waals surface area contributed by atoms with Gasteiger partial charge in [0.25, 0.3) is 5.91 Å². The van der Waals surface area contributed by atoms with Gasteiger partial charge < -0.3 is 14.9 Å². The summed E-state index contributed by atoms with van der Waals surface area (Å²) < 4.78 is 5.12. The van der Waals surface area contributed by atoms with Crippen LogP contribution in [0.3, 0.4) is 0 Å². The average Bonchev–Trinajstić information content (AvgIpc) is 2.88. The SMILES string of the molecule is CC(C)c1cc(C(=O)NC2(C)CCCCC2C(=O)O)no1. The lowest BCUT2D eigenvalue weighted by atomic mass is 9.74. The normalized spacial score (nSPS) is 25.8. The molecule has 6 nitrogen and oxygen atoms in total. The van der Waals surface area contributed by atoms with Crippen molar-refractivity contribution in [2.24, 2.45) is 5.92 Å². The standard InChI is InChI=1S/C15H22N2O4/c1-9(2)12-8-11(17-21-12)13(18)16-15(3)7-5-4-6-10(15)14(19)20/h8-10H,4-7H2,1-3H3,(H,16,18)(H,19,20). The molecule has 0 bridgehead atoms. The van der Waals surface area contributed by atoms with Gasteiger partial charge in [-0.1, -0.05) is 31.8 Å². The molecule has 1 aromatic heterocycles. The van der Waals surface area contributed by atoms with Crippen molar-refractivity contribution in [1.82, 2.24) is 10.5 Å². The van der Waals surface area contributed by atoms with Gasteiger partial charge in [-0.15, -0.1) is 0 Å². The fourth-order valence-corrected chi connectivity index (χ4v) is 2.87. The Morgan fingerprint density at radius 1 is 1.48 bits per heavy atom. The highest BCUT2D eigenvalue weighted by Gasteiger charge is 2.42. The summed E-state index contributed by atoms with van der Waals surface area (Å²) in [6.07, 6.45) is 3.03. The van der Waals surface area contributed by atoms with Gasteiger partial charge in [0, 0.05) is 12.0 Å². The molecule has 0 aromatic carbocycles. The smallest absolute Gasteiger partial charge is 0.308 e. The average molecular weight is 294 g/mol. The molecule has 1 aromatic rings. The van der Waals surface area contributed by atoms with Gasteiger partial charge in [0.15, 0.2) is 5.69 Å². The maximum absolute atomic E-state index is 12.3. The first-order valence-electron chi connectivity index (χ1n) is 7.35. The minimum absolute atomic E-state index is 0.149. The second-order valence-electron chi connectivity index (χ2n) is 6.28. The van der Waals surface area contributed by atoms with E-state index in [0.29, 0.717) is 18.6 Å². The third-order valence-corrected chi connectivity index (χ3v) is 4.24. The van der Waals surface area contributed by atoms with Gasteiger partial charge in [0.2, 0.25) is 0 Å². The maximum atomic E-state index is 12.3. The minimum atomic E-state index is -0.861. The Balaban J connectivity index is 2.14. The summed E-state index contributed by atoms with van der Waals surface area (Å²) in [7, 11) is 0. The first-order valence-corrected chi connectivity index (χ1v) is 7.35. The Morgan fingerprint density at radius 3 is 2.76 bits per heavy atom. The quantitative estimate of drug-likeness (QED) is 0.890. The molecule has 6 heteroatoms. The van der Waals surface area contributed by atoms with Gasteiger partial charge in [0.1, 0.15) is 5.76 Å². The molecule has 2 N–H and O–H groups in total. The zero-order valence-corrected chi connectivity index (χ0v) is 12.7. The summed E-state index contributed by atoms with van der Waals surface area (Å²) in [6, 6.07) is 1.61. The molecule has 1 aliphatic rings. The lowest BCUT2D eigenvalue weighted by Gasteiger charge is -2.39. The lowest BCUT2D eigenvalue weighted by molar-refractivity contribution is -0.145. The molecule has 0 spiro atoms. The Morgan fingerprint density at radius 2 is 2.19 bits per heavy atom. The van der Waals surface area contributed by atoms with E-state index in [4.69, 9.17) is 4.52 Å². The van der Waals surface area contributed by atoms with E-state index in [1.165, 1.54) is 0 Å². The van der Waals surface area contributed by atoms with Gasteiger partial charge in [-0.25, -0.2) is 0 Å². The van der Waals surface area contributed by atoms with Crippen LogP contribution in [0.2, 0.25) is 0 Å². The van der Waals surface area contributed by atoms with Crippen molar-refractivity contribution in [3.63, 3.8) is 0 Å². The van der Waals surface area contributed by atoms with Crippen molar-refractivity contribution in [2.75, 3.05) is 0 Å². The zero-order chi connectivity index (χ0) is 15.6. The van der Waals surface area contributed by atoms with E-state index >= 15 is 0 Å². The molecule has 0 radical (unpaired) electrons. The molecular weight excluding hydrogens is 272 g/mol. The maximum Gasteiger partial charge on any atom is 0.308 e. The Hall–Kier alpha value is -1.85. The number of aliphatic carboxylic acids is 1. The van der Waals surface area contributed by atoms with Crippen LogP contribution in [-0.2, 0) is 4.79 Å². The third-order valence-electron chi connectivity index (χ3n) is 4.24. The van der Waals surface area contributed by atoms with Crippen LogP contribution in [0.5, 0.6) is 0 Å². The van der Waals surface area contributed by atoms with Crippen LogP contribution in [0.1, 0.15) is 68.6 Å².